The Hall–Kier alpha value is -1.89. The van der Waals surface area contributed by atoms with Crippen molar-refractivity contribution in [2.45, 2.75) is 51.5 Å². The number of amides is 2. The molecule has 7 heteroatoms. The van der Waals surface area contributed by atoms with E-state index in [1.165, 1.54) is 0 Å². The Balaban J connectivity index is 1.69. The van der Waals surface area contributed by atoms with Gasteiger partial charge >= 0.3 is 0 Å². The van der Waals surface area contributed by atoms with Crippen LogP contribution in [0.1, 0.15) is 57.2 Å². The molecule has 0 bridgehead atoms. The summed E-state index contributed by atoms with van der Waals surface area (Å²) in [5.41, 5.74) is 0.548. The van der Waals surface area contributed by atoms with E-state index in [2.05, 4.69) is 18.9 Å². The molecule has 2 saturated heterocycles. The van der Waals surface area contributed by atoms with Gasteiger partial charge in [0, 0.05) is 63.1 Å². The summed E-state index contributed by atoms with van der Waals surface area (Å²) in [6.45, 7) is 7.31. The van der Waals surface area contributed by atoms with Gasteiger partial charge in [-0.1, -0.05) is 0 Å². The monoisotopic (exact) mass is 388 g/mol. The third-order valence-corrected chi connectivity index (χ3v) is 6.66. The molecule has 1 aliphatic carbocycles. The largest absolute Gasteiger partial charge is 0.383 e. The van der Waals surface area contributed by atoms with Crippen molar-refractivity contribution in [1.82, 2.24) is 19.6 Å². The quantitative estimate of drug-likeness (QED) is 0.748. The molecular weight excluding hydrogens is 356 g/mol. The van der Waals surface area contributed by atoms with Gasteiger partial charge in [0.2, 0.25) is 11.8 Å². The van der Waals surface area contributed by atoms with Gasteiger partial charge in [0.1, 0.15) is 0 Å². The first kappa shape index (κ1) is 19.4. The van der Waals surface area contributed by atoms with Crippen LogP contribution in [-0.2, 0) is 14.3 Å². The number of hydrogen-bond acceptors (Lipinski definition) is 4. The standard InChI is InChI=1S/C21H32N4O3/c1-15(2)25-18(7-9-22-25)17-13-24(19(26)16-5-6-16)14-21(17)8-4-10-23(20(21)27)11-12-28-3/h7,9,15-17H,4-6,8,10-14H2,1-3H3/t17-,21+/m0/s1. The summed E-state index contributed by atoms with van der Waals surface area (Å²) < 4.78 is 7.25. The zero-order chi connectivity index (χ0) is 19.9. The van der Waals surface area contributed by atoms with Crippen LogP contribution in [0.2, 0.25) is 0 Å². The average Bonchev–Trinajstić information content (AvgIpc) is 3.29. The number of nitrogens with zero attached hydrogens (tertiary/aromatic N) is 4. The van der Waals surface area contributed by atoms with Gasteiger partial charge in [-0.05, 0) is 45.6 Å². The van der Waals surface area contributed by atoms with Crippen LogP contribution in [0.5, 0.6) is 0 Å². The molecule has 2 amide bonds. The van der Waals surface area contributed by atoms with Gasteiger partial charge in [0.25, 0.3) is 0 Å². The maximum atomic E-state index is 13.7. The fourth-order valence-corrected chi connectivity index (χ4v) is 5.07. The average molecular weight is 389 g/mol. The summed E-state index contributed by atoms with van der Waals surface area (Å²) in [7, 11) is 1.67. The van der Waals surface area contributed by atoms with E-state index in [0.717, 1.165) is 37.9 Å². The minimum Gasteiger partial charge on any atom is -0.383 e. The zero-order valence-corrected chi connectivity index (χ0v) is 17.3. The highest BCUT2D eigenvalue weighted by atomic mass is 16.5. The van der Waals surface area contributed by atoms with Gasteiger partial charge in [-0.2, -0.15) is 5.10 Å². The fraction of sp³-hybridized carbons (Fsp3) is 0.762. The molecule has 1 spiro atoms. The van der Waals surface area contributed by atoms with Gasteiger partial charge in [0.15, 0.2) is 0 Å². The van der Waals surface area contributed by atoms with Crippen LogP contribution in [0, 0.1) is 11.3 Å². The number of likely N-dealkylation sites (tertiary alicyclic amines) is 2. The summed E-state index contributed by atoms with van der Waals surface area (Å²) in [6, 6.07) is 2.26. The van der Waals surface area contributed by atoms with Crippen molar-refractivity contribution < 1.29 is 14.3 Å². The van der Waals surface area contributed by atoms with E-state index in [4.69, 9.17) is 4.74 Å². The summed E-state index contributed by atoms with van der Waals surface area (Å²) in [5, 5.41) is 4.52. The van der Waals surface area contributed by atoms with Crippen molar-refractivity contribution in [3.05, 3.63) is 18.0 Å². The molecule has 3 heterocycles. The SMILES string of the molecule is COCCN1CCC[C@]2(CN(C(=O)C3CC3)C[C@H]2c2ccnn2C(C)C)C1=O. The lowest BCUT2D eigenvalue weighted by atomic mass is 9.70. The maximum Gasteiger partial charge on any atom is 0.231 e. The molecule has 1 saturated carbocycles. The molecule has 0 aromatic carbocycles. The molecular formula is C21H32N4O3. The first-order chi connectivity index (χ1) is 13.5. The number of aromatic nitrogens is 2. The van der Waals surface area contributed by atoms with Crippen LogP contribution in [0.3, 0.4) is 0 Å². The van der Waals surface area contributed by atoms with E-state index >= 15 is 0 Å². The Morgan fingerprint density at radius 1 is 1.39 bits per heavy atom. The number of carbonyl (C=O) groups is 2. The van der Waals surface area contributed by atoms with Crippen LogP contribution in [0.25, 0.3) is 0 Å². The lowest BCUT2D eigenvalue weighted by Crippen LogP contribution is -2.53. The Labute approximate surface area is 167 Å². The van der Waals surface area contributed by atoms with E-state index in [9.17, 15) is 9.59 Å². The Morgan fingerprint density at radius 2 is 2.18 bits per heavy atom. The maximum absolute atomic E-state index is 13.7. The summed E-state index contributed by atoms with van der Waals surface area (Å²) in [5.74, 6) is 0.592. The summed E-state index contributed by atoms with van der Waals surface area (Å²) in [6.07, 6.45) is 5.60. The highest BCUT2D eigenvalue weighted by Gasteiger charge is 2.57. The number of rotatable bonds is 6. The highest BCUT2D eigenvalue weighted by molar-refractivity contribution is 5.88. The number of carbonyl (C=O) groups excluding carboxylic acids is 2. The van der Waals surface area contributed by atoms with Crippen molar-refractivity contribution in [1.29, 1.82) is 0 Å². The molecule has 3 aliphatic rings. The van der Waals surface area contributed by atoms with Crippen LogP contribution in [-0.4, -0.2) is 71.3 Å². The Bertz CT molecular complexity index is 742. The normalized spacial score (nSPS) is 28.0. The lowest BCUT2D eigenvalue weighted by Gasteiger charge is -2.42. The minimum absolute atomic E-state index is 0.00190. The molecule has 1 aromatic heterocycles. The molecule has 0 N–H and O–H groups in total. The molecule has 1 aromatic rings. The molecule has 3 fully saturated rings. The minimum atomic E-state index is -0.538. The van der Waals surface area contributed by atoms with Gasteiger partial charge in [-0.15, -0.1) is 0 Å². The number of piperidine rings is 1. The van der Waals surface area contributed by atoms with E-state index < -0.39 is 5.41 Å². The smallest absolute Gasteiger partial charge is 0.231 e. The Morgan fingerprint density at radius 3 is 2.86 bits per heavy atom. The molecule has 0 radical (unpaired) electrons. The topological polar surface area (TPSA) is 67.7 Å². The van der Waals surface area contributed by atoms with E-state index in [1.807, 2.05) is 26.7 Å². The van der Waals surface area contributed by atoms with Crippen LogP contribution in [0.4, 0.5) is 0 Å². The molecule has 154 valence electrons. The molecule has 7 nitrogen and oxygen atoms in total. The third kappa shape index (κ3) is 3.23. The van der Waals surface area contributed by atoms with Crippen LogP contribution < -0.4 is 0 Å². The first-order valence-corrected chi connectivity index (χ1v) is 10.6. The first-order valence-electron chi connectivity index (χ1n) is 10.6. The lowest BCUT2D eigenvalue weighted by molar-refractivity contribution is -0.147. The van der Waals surface area contributed by atoms with Gasteiger partial charge in [-0.25, -0.2) is 0 Å². The van der Waals surface area contributed by atoms with E-state index in [-0.39, 0.29) is 29.7 Å². The predicted octanol–water partition coefficient (Wildman–Crippen LogP) is 2.05. The molecule has 4 rings (SSSR count). The highest BCUT2D eigenvalue weighted by Crippen LogP contribution is 2.50. The molecule has 2 atom stereocenters. The molecule has 28 heavy (non-hydrogen) atoms. The van der Waals surface area contributed by atoms with E-state index in [1.54, 1.807) is 7.11 Å². The second kappa shape index (κ2) is 7.50. The number of ether oxygens (including phenoxy) is 1. The fourth-order valence-electron chi connectivity index (χ4n) is 5.07. The van der Waals surface area contributed by atoms with Crippen molar-refractivity contribution in [2.75, 3.05) is 39.9 Å². The molecule has 2 aliphatic heterocycles. The van der Waals surface area contributed by atoms with Gasteiger partial charge in [-0.3, -0.25) is 14.3 Å². The van der Waals surface area contributed by atoms with Crippen LogP contribution >= 0.6 is 0 Å². The molecule has 0 unspecified atom stereocenters. The second-order valence-electron chi connectivity index (χ2n) is 8.88. The summed E-state index contributed by atoms with van der Waals surface area (Å²) in [4.78, 5) is 30.5. The van der Waals surface area contributed by atoms with Crippen molar-refractivity contribution >= 4 is 11.8 Å². The van der Waals surface area contributed by atoms with Crippen molar-refractivity contribution in [3.8, 4) is 0 Å². The zero-order valence-electron chi connectivity index (χ0n) is 17.3. The van der Waals surface area contributed by atoms with Crippen LogP contribution in [0.15, 0.2) is 12.3 Å². The van der Waals surface area contributed by atoms with Crippen molar-refractivity contribution in [3.63, 3.8) is 0 Å². The Kier molecular flexibility index (Phi) is 5.21. The number of methoxy groups -OCH3 is 1. The predicted molar refractivity (Wildman–Crippen MR) is 105 cm³/mol. The van der Waals surface area contributed by atoms with Crippen molar-refractivity contribution in [2.24, 2.45) is 11.3 Å². The van der Waals surface area contributed by atoms with Gasteiger partial charge in [0.05, 0.1) is 12.0 Å². The number of hydrogen-bond donors (Lipinski definition) is 0. The van der Waals surface area contributed by atoms with E-state index in [0.29, 0.717) is 26.2 Å². The van der Waals surface area contributed by atoms with Gasteiger partial charge < -0.3 is 14.5 Å². The third-order valence-electron chi connectivity index (χ3n) is 6.66. The second-order valence-corrected chi connectivity index (χ2v) is 8.88. The summed E-state index contributed by atoms with van der Waals surface area (Å²) >= 11 is 0.